The normalized spacial score (nSPS) is 10.2. The first-order valence-corrected chi connectivity index (χ1v) is 7.39. The van der Waals surface area contributed by atoms with E-state index in [2.05, 4.69) is 10.1 Å². The van der Waals surface area contributed by atoms with Crippen LogP contribution in [0.3, 0.4) is 0 Å². The molecule has 0 heterocycles. The first kappa shape index (κ1) is 16.9. The molecule has 4 nitrogen and oxygen atoms in total. The molecule has 1 amide bonds. The van der Waals surface area contributed by atoms with Crippen molar-refractivity contribution in [2.45, 2.75) is 20.0 Å². The van der Waals surface area contributed by atoms with E-state index in [9.17, 15) is 9.18 Å². The van der Waals surface area contributed by atoms with Gasteiger partial charge in [-0.3, -0.25) is 5.32 Å². The highest BCUT2D eigenvalue weighted by Gasteiger charge is 2.11. The molecule has 0 atom stereocenters. The van der Waals surface area contributed by atoms with E-state index < -0.39 is 6.09 Å². The summed E-state index contributed by atoms with van der Waals surface area (Å²) in [6, 6.07) is 10.4. The molecule has 0 aliphatic heterocycles. The van der Waals surface area contributed by atoms with Gasteiger partial charge in [0.05, 0.1) is 12.8 Å². The van der Waals surface area contributed by atoms with E-state index in [1.165, 1.54) is 13.2 Å². The summed E-state index contributed by atoms with van der Waals surface area (Å²) in [5.41, 5.74) is 3.21. The van der Waals surface area contributed by atoms with Gasteiger partial charge in [-0.05, 0) is 30.2 Å². The van der Waals surface area contributed by atoms with Crippen molar-refractivity contribution in [3.8, 4) is 5.75 Å². The molecule has 0 aliphatic carbocycles. The van der Waals surface area contributed by atoms with Gasteiger partial charge in [-0.25, -0.2) is 9.18 Å². The molecule has 0 unspecified atom stereocenters. The Morgan fingerprint density at radius 1 is 1.30 bits per heavy atom. The number of ether oxygens (including phenoxy) is 2. The zero-order valence-corrected chi connectivity index (χ0v) is 13.5. The summed E-state index contributed by atoms with van der Waals surface area (Å²) < 4.78 is 24.2. The van der Waals surface area contributed by atoms with Gasteiger partial charge in [0.2, 0.25) is 0 Å². The number of benzene rings is 2. The highest BCUT2D eigenvalue weighted by atomic mass is 19.1. The third-order valence-electron chi connectivity index (χ3n) is 3.61. The van der Waals surface area contributed by atoms with E-state index in [4.69, 9.17) is 4.74 Å². The van der Waals surface area contributed by atoms with Gasteiger partial charge in [0.25, 0.3) is 0 Å². The maximum Gasteiger partial charge on any atom is 0.411 e. The van der Waals surface area contributed by atoms with Gasteiger partial charge in [0.15, 0.2) is 11.6 Å². The third-order valence-corrected chi connectivity index (χ3v) is 3.61. The lowest BCUT2D eigenvalue weighted by atomic mass is 9.90. The number of hydrogen-bond acceptors (Lipinski definition) is 3. The van der Waals surface area contributed by atoms with Gasteiger partial charge in [-0.15, -0.1) is 0 Å². The zero-order valence-electron chi connectivity index (χ0n) is 13.5. The number of anilines is 1. The lowest BCUT2D eigenvalue weighted by molar-refractivity contribution is 0.187. The molecule has 6 heteroatoms. The first-order valence-electron chi connectivity index (χ1n) is 7.39. The van der Waals surface area contributed by atoms with Crippen LogP contribution in [-0.2, 0) is 17.8 Å². The second kappa shape index (κ2) is 7.67. The fraction of sp³-hybridized carbons (Fsp3) is 0.235. The van der Waals surface area contributed by atoms with E-state index in [0.29, 0.717) is 5.69 Å². The molecule has 0 aromatic heterocycles. The maximum atomic E-state index is 14.0. The number of amides is 1. The van der Waals surface area contributed by atoms with E-state index in [1.54, 1.807) is 12.1 Å². The van der Waals surface area contributed by atoms with Crippen molar-refractivity contribution in [1.29, 1.82) is 0 Å². The number of hydrogen-bond donors (Lipinski definition) is 1. The van der Waals surface area contributed by atoms with Crippen LogP contribution in [0.25, 0.3) is 0 Å². The summed E-state index contributed by atoms with van der Waals surface area (Å²) in [6.45, 7) is 2.11. The summed E-state index contributed by atoms with van der Waals surface area (Å²) in [7, 11) is 3.20. The van der Waals surface area contributed by atoms with Crippen molar-refractivity contribution in [2.75, 3.05) is 12.4 Å². The predicted molar refractivity (Wildman–Crippen MR) is 90.8 cm³/mol. The Kier molecular flexibility index (Phi) is 5.63. The molecule has 0 fully saturated rings. The quantitative estimate of drug-likeness (QED) is 0.862. The largest absolute Gasteiger partial charge is 0.486 e. The minimum atomic E-state index is -0.560. The summed E-state index contributed by atoms with van der Waals surface area (Å²) >= 11 is 0. The number of halogens is 1. The zero-order chi connectivity index (χ0) is 16.8. The molecular formula is C17H19BFNO3. The van der Waals surface area contributed by atoms with Crippen LogP contribution < -0.4 is 15.5 Å². The minimum Gasteiger partial charge on any atom is -0.486 e. The van der Waals surface area contributed by atoms with Gasteiger partial charge in [0, 0.05) is 5.56 Å². The molecule has 0 saturated carbocycles. The summed E-state index contributed by atoms with van der Waals surface area (Å²) in [5.74, 6) is -0.199. The van der Waals surface area contributed by atoms with E-state index >= 15 is 0 Å². The fourth-order valence-electron chi connectivity index (χ4n) is 2.20. The SMILES string of the molecule is Bc1cccc(NC(=O)OC)c1COc1ccc(CC)cc1F. The molecule has 0 saturated heterocycles. The first-order chi connectivity index (χ1) is 11.0. The highest BCUT2D eigenvalue weighted by molar-refractivity contribution is 6.33. The van der Waals surface area contributed by atoms with Gasteiger partial charge in [-0.2, -0.15) is 0 Å². The van der Waals surface area contributed by atoms with E-state index in [0.717, 1.165) is 23.0 Å². The number of rotatable bonds is 5. The van der Waals surface area contributed by atoms with E-state index in [-0.39, 0.29) is 18.2 Å². The molecule has 23 heavy (non-hydrogen) atoms. The molecule has 2 aromatic carbocycles. The second-order valence-electron chi connectivity index (χ2n) is 5.12. The van der Waals surface area contributed by atoms with E-state index in [1.807, 2.05) is 33.0 Å². The molecule has 0 radical (unpaired) electrons. The van der Waals surface area contributed by atoms with Gasteiger partial charge < -0.3 is 9.47 Å². The van der Waals surface area contributed by atoms with Gasteiger partial charge in [0.1, 0.15) is 14.5 Å². The fourth-order valence-corrected chi connectivity index (χ4v) is 2.20. The maximum absolute atomic E-state index is 14.0. The molecule has 0 aliphatic rings. The van der Waals surface area contributed by atoms with Gasteiger partial charge in [-0.1, -0.05) is 30.6 Å². The summed E-state index contributed by atoms with van der Waals surface area (Å²) in [5, 5.41) is 2.64. The Labute approximate surface area is 136 Å². The van der Waals surface area contributed by atoms with Crippen molar-refractivity contribution >= 4 is 25.1 Å². The summed E-state index contributed by atoms with van der Waals surface area (Å²) in [6.07, 6.45) is 0.206. The van der Waals surface area contributed by atoms with Crippen LogP contribution in [0.4, 0.5) is 14.9 Å². The summed E-state index contributed by atoms with van der Waals surface area (Å²) in [4.78, 5) is 11.4. The number of methoxy groups -OCH3 is 1. The Hall–Kier alpha value is -2.50. The van der Waals surface area contributed by atoms with Crippen molar-refractivity contribution in [1.82, 2.24) is 0 Å². The van der Waals surface area contributed by atoms with Crippen molar-refractivity contribution in [3.63, 3.8) is 0 Å². The van der Waals surface area contributed by atoms with Crippen LogP contribution in [-0.4, -0.2) is 21.0 Å². The Bertz CT molecular complexity index is 706. The molecule has 0 spiro atoms. The smallest absolute Gasteiger partial charge is 0.411 e. The molecule has 1 N–H and O–H groups in total. The number of aryl methyl sites for hydroxylation is 1. The van der Waals surface area contributed by atoms with Crippen LogP contribution in [0, 0.1) is 5.82 Å². The van der Waals surface area contributed by atoms with Crippen LogP contribution in [0.2, 0.25) is 0 Å². The lowest BCUT2D eigenvalue weighted by Gasteiger charge is -2.15. The molecule has 2 rings (SSSR count). The van der Waals surface area contributed by atoms with Gasteiger partial charge >= 0.3 is 6.09 Å². The van der Waals surface area contributed by atoms with Crippen molar-refractivity contribution in [2.24, 2.45) is 0 Å². The molecule has 2 aromatic rings. The number of carbonyl (C=O) groups is 1. The molecule has 0 bridgehead atoms. The Balaban J connectivity index is 2.18. The number of carbonyl (C=O) groups excluding carboxylic acids is 1. The Morgan fingerprint density at radius 2 is 2.09 bits per heavy atom. The predicted octanol–water partition coefficient (Wildman–Crippen LogP) is 2.40. The minimum absolute atomic E-state index is 0.147. The average Bonchev–Trinajstić information content (AvgIpc) is 2.55. The van der Waals surface area contributed by atoms with Crippen molar-refractivity contribution in [3.05, 3.63) is 53.3 Å². The van der Waals surface area contributed by atoms with Crippen LogP contribution >= 0.6 is 0 Å². The monoisotopic (exact) mass is 315 g/mol. The lowest BCUT2D eigenvalue weighted by Crippen LogP contribution is -2.19. The van der Waals surface area contributed by atoms with Crippen LogP contribution in [0.1, 0.15) is 18.1 Å². The molecule has 120 valence electrons. The topological polar surface area (TPSA) is 47.6 Å². The third kappa shape index (κ3) is 4.25. The number of nitrogens with one attached hydrogen (secondary N) is 1. The van der Waals surface area contributed by atoms with Crippen molar-refractivity contribution < 1.29 is 18.7 Å². The average molecular weight is 315 g/mol. The highest BCUT2D eigenvalue weighted by Crippen LogP contribution is 2.21. The molecular weight excluding hydrogens is 296 g/mol. The standard InChI is InChI=1S/C17H19BFNO3/c1-3-11-7-8-16(14(19)9-11)23-10-12-13(18)5-4-6-15(12)20-17(21)22-2/h4-9H,3,10,18H2,1-2H3,(H,20,21). The Morgan fingerprint density at radius 3 is 2.74 bits per heavy atom. The van der Waals surface area contributed by atoms with Crippen LogP contribution in [0.15, 0.2) is 36.4 Å². The second-order valence-corrected chi connectivity index (χ2v) is 5.12. The van der Waals surface area contributed by atoms with Crippen LogP contribution in [0.5, 0.6) is 5.75 Å².